The molecule has 2 fully saturated rings. The molecule has 6 nitrogen and oxygen atoms in total. The molecule has 6 heteroatoms. The van der Waals surface area contributed by atoms with Crippen LogP contribution in [0, 0.1) is 5.92 Å². The number of nitrogens with two attached hydrogens (primary N) is 1. The molecule has 0 aromatic heterocycles. The first kappa shape index (κ1) is 16.9. The topological polar surface area (TPSA) is 84.7 Å². The van der Waals surface area contributed by atoms with Crippen molar-refractivity contribution in [2.45, 2.75) is 31.7 Å². The zero-order chi connectivity index (χ0) is 16.9. The van der Waals surface area contributed by atoms with E-state index in [4.69, 9.17) is 10.5 Å². The average molecular weight is 331 g/mol. The summed E-state index contributed by atoms with van der Waals surface area (Å²) < 4.78 is 5.30. The van der Waals surface area contributed by atoms with Crippen molar-refractivity contribution in [1.29, 1.82) is 0 Å². The molecular formula is C18H25N3O3. The fourth-order valence-electron chi connectivity index (χ4n) is 3.31. The van der Waals surface area contributed by atoms with Crippen LogP contribution in [0.1, 0.15) is 36.0 Å². The van der Waals surface area contributed by atoms with E-state index in [1.807, 2.05) is 4.90 Å². The predicted molar refractivity (Wildman–Crippen MR) is 91.7 cm³/mol. The van der Waals surface area contributed by atoms with Crippen molar-refractivity contribution < 1.29 is 14.3 Å². The van der Waals surface area contributed by atoms with Crippen LogP contribution in [-0.2, 0) is 9.53 Å². The van der Waals surface area contributed by atoms with Crippen molar-refractivity contribution in [1.82, 2.24) is 4.90 Å². The maximum Gasteiger partial charge on any atom is 0.253 e. The first-order valence-corrected chi connectivity index (χ1v) is 8.68. The highest BCUT2D eigenvalue weighted by Gasteiger charge is 2.26. The molecule has 130 valence electrons. The lowest BCUT2D eigenvalue weighted by Gasteiger charge is -2.26. The van der Waals surface area contributed by atoms with Crippen LogP contribution < -0.4 is 11.1 Å². The van der Waals surface area contributed by atoms with Gasteiger partial charge in [-0.2, -0.15) is 0 Å². The van der Waals surface area contributed by atoms with Gasteiger partial charge in [-0.15, -0.1) is 0 Å². The van der Waals surface area contributed by atoms with E-state index < -0.39 is 6.04 Å². The maximum atomic E-state index is 12.3. The Morgan fingerprint density at radius 1 is 1.12 bits per heavy atom. The Bertz CT molecular complexity index is 576. The van der Waals surface area contributed by atoms with Gasteiger partial charge in [0, 0.05) is 37.6 Å². The van der Waals surface area contributed by atoms with E-state index in [2.05, 4.69) is 5.32 Å². The number of anilines is 1. The molecule has 1 atom stereocenters. The smallest absolute Gasteiger partial charge is 0.253 e. The standard InChI is InChI=1S/C18H25N3O3/c19-16(13-7-11-24-12-8-13)17(22)20-15-5-3-14(4-6-15)18(23)21-9-1-2-10-21/h3-6,13,16H,1-2,7-12,19H2,(H,20,22). The van der Waals surface area contributed by atoms with Crippen molar-refractivity contribution in [2.75, 3.05) is 31.6 Å². The van der Waals surface area contributed by atoms with E-state index in [1.54, 1.807) is 24.3 Å². The molecule has 24 heavy (non-hydrogen) atoms. The van der Waals surface area contributed by atoms with Gasteiger partial charge >= 0.3 is 0 Å². The number of hydrogen-bond donors (Lipinski definition) is 2. The second kappa shape index (κ2) is 7.77. The van der Waals surface area contributed by atoms with Crippen LogP contribution in [0.25, 0.3) is 0 Å². The normalized spacial score (nSPS) is 20.0. The predicted octanol–water partition coefficient (Wildman–Crippen LogP) is 1.61. The van der Waals surface area contributed by atoms with Crippen LogP contribution in [0.3, 0.4) is 0 Å². The van der Waals surface area contributed by atoms with Crippen LogP contribution in [0.5, 0.6) is 0 Å². The van der Waals surface area contributed by atoms with Crippen molar-refractivity contribution in [3.05, 3.63) is 29.8 Å². The van der Waals surface area contributed by atoms with E-state index >= 15 is 0 Å². The van der Waals surface area contributed by atoms with Crippen molar-refractivity contribution >= 4 is 17.5 Å². The van der Waals surface area contributed by atoms with Crippen LogP contribution in [0.4, 0.5) is 5.69 Å². The van der Waals surface area contributed by atoms with Crippen molar-refractivity contribution in [3.63, 3.8) is 0 Å². The van der Waals surface area contributed by atoms with Gasteiger partial charge in [-0.3, -0.25) is 9.59 Å². The zero-order valence-electron chi connectivity index (χ0n) is 13.9. The van der Waals surface area contributed by atoms with E-state index in [0.29, 0.717) is 24.5 Å². The monoisotopic (exact) mass is 331 g/mol. The number of amides is 2. The second-order valence-electron chi connectivity index (χ2n) is 6.54. The summed E-state index contributed by atoms with van der Waals surface area (Å²) in [5.41, 5.74) is 7.40. The first-order valence-electron chi connectivity index (χ1n) is 8.68. The summed E-state index contributed by atoms with van der Waals surface area (Å²) in [5, 5.41) is 2.85. The largest absolute Gasteiger partial charge is 0.381 e. The molecule has 0 aliphatic carbocycles. The summed E-state index contributed by atoms with van der Waals surface area (Å²) >= 11 is 0. The molecule has 0 radical (unpaired) electrons. The summed E-state index contributed by atoms with van der Waals surface area (Å²) in [5.74, 6) is 0.0413. The number of likely N-dealkylation sites (tertiary alicyclic amines) is 1. The molecule has 3 rings (SSSR count). The van der Waals surface area contributed by atoms with Gasteiger partial charge in [0.25, 0.3) is 5.91 Å². The Kier molecular flexibility index (Phi) is 5.48. The Balaban J connectivity index is 1.57. The number of hydrogen-bond acceptors (Lipinski definition) is 4. The van der Waals surface area contributed by atoms with E-state index in [0.717, 1.165) is 38.8 Å². The molecule has 1 aromatic carbocycles. The third-order valence-electron chi connectivity index (χ3n) is 4.87. The van der Waals surface area contributed by atoms with E-state index in [-0.39, 0.29) is 17.7 Å². The molecule has 0 saturated carbocycles. The number of carbonyl (C=O) groups excluding carboxylic acids is 2. The minimum Gasteiger partial charge on any atom is -0.381 e. The fraction of sp³-hybridized carbons (Fsp3) is 0.556. The quantitative estimate of drug-likeness (QED) is 0.878. The number of rotatable bonds is 4. The number of nitrogens with zero attached hydrogens (tertiary/aromatic N) is 1. The van der Waals surface area contributed by atoms with Crippen molar-refractivity contribution in [3.8, 4) is 0 Å². The summed E-state index contributed by atoms with van der Waals surface area (Å²) in [7, 11) is 0. The number of carbonyl (C=O) groups is 2. The molecule has 1 aromatic rings. The SMILES string of the molecule is NC(C(=O)Nc1ccc(C(=O)N2CCCC2)cc1)C1CCOCC1. The van der Waals surface area contributed by atoms with Gasteiger partial charge in [-0.25, -0.2) is 0 Å². The summed E-state index contributed by atoms with van der Waals surface area (Å²) in [6.07, 6.45) is 3.78. The minimum atomic E-state index is -0.528. The maximum absolute atomic E-state index is 12.3. The molecule has 0 bridgehead atoms. The Morgan fingerprint density at radius 3 is 2.38 bits per heavy atom. The van der Waals surface area contributed by atoms with Crippen molar-refractivity contribution in [2.24, 2.45) is 11.7 Å². The van der Waals surface area contributed by atoms with Gasteiger partial charge in [0.05, 0.1) is 6.04 Å². The molecule has 1 unspecified atom stereocenters. The van der Waals surface area contributed by atoms with Gasteiger partial charge in [-0.05, 0) is 55.9 Å². The molecule has 3 N–H and O–H groups in total. The highest BCUT2D eigenvalue weighted by molar-refractivity contribution is 5.97. The van der Waals surface area contributed by atoms with Gasteiger partial charge in [-0.1, -0.05) is 0 Å². The van der Waals surface area contributed by atoms with Crippen LogP contribution in [-0.4, -0.2) is 49.1 Å². The molecule has 2 heterocycles. The summed E-state index contributed by atoms with van der Waals surface area (Å²) in [6.45, 7) is 2.99. The third kappa shape index (κ3) is 3.94. The van der Waals surface area contributed by atoms with Gasteiger partial charge in [0.2, 0.25) is 5.91 Å². The Morgan fingerprint density at radius 2 is 1.75 bits per heavy atom. The first-order chi connectivity index (χ1) is 11.6. The number of ether oxygens (including phenoxy) is 1. The fourth-order valence-corrected chi connectivity index (χ4v) is 3.31. The zero-order valence-corrected chi connectivity index (χ0v) is 13.9. The average Bonchev–Trinajstić information content (AvgIpc) is 3.16. The van der Waals surface area contributed by atoms with E-state index in [9.17, 15) is 9.59 Å². The Labute approximate surface area is 142 Å². The summed E-state index contributed by atoms with van der Waals surface area (Å²) in [6, 6.07) is 6.52. The van der Waals surface area contributed by atoms with Gasteiger partial charge < -0.3 is 20.7 Å². The molecule has 0 spiro atoms. The lowest BCUT2D eigenvalue weighted by atomic mass is 9.92. The molecule has 2 aliphatic heterocycles. The highest BCUT2D eigenvalue weighted by Crippen LogP contribution is 2.20. The highest BCUT2D eigenvalue weighted by atomic mass is 16.5. The number of nitrogens with one attached hydrogen (secondary N) is 1. The second-order valence-corrected chi connectivity index (χ2v) is 6.54. The molecular weight excluding hydrogens is 306 g/mol. The van der Waals surface area contributed by atoms with Crippen LogP contribution >= 0.6 is 0 Å². The number of benzene rings is 1. The lowest BCUT2D eigenvalue weighted by Crippen LogP contribution is -2.44. The van der Waals surface area contributed by atoms with Gasteiger partial charge in [0.15, 0.2) is 0 Å². The minimum absolute atomic E-state index is 0.0595. The van der Waals surface area contributed by atoms with Crippen LogP contribution in [0.15, 0.2) is 24.3 Å². The lowest BCUT2D eigenvalue weighted by molar-refractivity contribution is -0.119. The molecule has 2 aliphatic rings. The summed E-state index contributed by atoms with van der Waals surface area (Å²) in [4.78, 5) is 26.5. The Hall–Kier alpha value is -1.92. The molecule has 2 amide bonds. The third-order valence-corrected chi connectivity index (χ3v) is 4.87. The van der Waals surface area contributed by atoms with E-state index in [1.165, 1.54) is 0 Å². The van der Waals surface area contributed by atoms with Crippen LogP contribution in [0.2, 0.25) is 0 Å². The molecule has 2 saturated heterocycles. The van der Waals surface area contributed by atoms with Gasteiger partial charge in [0.1, 0.15) is 0 Å².